The topological polar surface area (TPSA) is 48.4 Å². The molecular formula is C13H12N2O. The number of hydrogen-bond acceptors (Lipinski definition) is 2. The van der Waals surface area contributed by atoms with Crippen molar-refractivity contribution in [3.63, 3.8) is 0 Å². The van der Waals surface area contributed by atoms with E-state index in [4.69, 9.17) is 5.21 Å². The molecule has 0 aliphatic rings. The standard InChI is InChI=1S/C12H9N.CH3NO/c1-3-7-11-9(5-1)10-6-2-4-8-12(10)13-11;1-2-3/h1-8,13H;3H,1H2. The molecule has 0 fully saturated rings. The maximum atomic E-state index is 7.08. The molecule has 3 aromatic rings. The monoisotopic (exact) mass is 212 g/mol. The lowest BCUT2D eigenvalue weighted by molar-refractivity contribution is 0.323. The minimum Gasteiger partial charge on any atom is -0.411 e. The van der Waals surface area contributed by atoms with E-state index in [1.54, 1.807) is 0 Å². The third kappa shape index (κ3) is 1.75. The third-order valence-electron chi connectivity index (χ3n) is 2.41. The molecule has 1 aromatic heterocycles. The first-order valence-electron chi connectivity index (χ1n) is 4.92. The van der Waals surface area contributed by atoms with E-state index >= 15 is 0 Å². The van der Waals surface area contributed by atoms with Crippen LogP contribution < -0.4 is 0 Å². The van der Waals surface area contributed by atoms with Crippen LogP contribution in [0.4, 0.5) is 0 Å². The summed E-state index contributed by atoms with van der Waals surface area (Å²) in [6.07, 6.45) is 0. The maximum Gasteiger partial charge on any atom is 0.0464 e. The summed E-state index contributed by atoms with van der Waals surface area (Å²) >= 11 is 0. The Labute approximate surface area is 93.0 Å². The van der Waals surface area contributed by atoms with E-state index in [9.17, 15) is 0 Å². The van der Waals surface area contributed by atoms with Gasteiger partial charge in [-0.25, -0.2) is 0 Å². The molecule has 0 atom stereocenters. The number of rotatable bonds is 0. The van der Waals surface area contributed by atoms with Crippen LogP contribution in [0.15, 0.2) is 53.7 Å². The number of aromatic amines is 1. The molecule has 16 heavy (non-hydrogen) atoms. The SMILES string of the molecule is C=NO.c1ccc2c(c1)[nH]c1ccccc12. The van der Waals surface area contributed by atoms with Gasteiger partial charge in [-0.05, 0) is 12.1 Å². The summed E-state index contributed by atoms with van der Waals surface area (Å²) in [6.45, 7) is 2.67. The van der Waals surface area contributed by atoms with Crippen molar-refractivity contribution in [1.29, 1.82) is 0 Å². The number of nitrogens with one attached hydrogen (secondary N) is 1. The summed E-state index contributed by atoms with van der Waals surface area (Å²) in [7, 11) is 0. The van der Waals surface area contributed by atoms with Gasteiger partial charge in [0.15, 0.2) is 0 Å². The fourth-order valence-electron chi connectivity index (χ4n) is 1.80. The van der Waals surface area contributed by atoms with Crippen molar-refractivity contribution in [3.8, 4) is 0 Å². The van der Waals surface area contributed by atoms with Gasteiger partial charge in [-0.15, -0.1) is 5.16 Å². The van der Waals surface area contributed by atoms with Gasteiger partial charge in [-0.1, -0.05) is 36.4 Å². The zero-order chi connectivity index (χ0) is 11.4. The molecule has 0 saturated carbocycles. The van der Waals surface area contributed by atoms with Crippen LogP contribution in [-0.2, 0) is 0 Å². The summed E-state index contributed by atoms with van der Waals surface area (Å²) in [5.74, 6) is 0. The van der Waals surface area contributed by atoms with E-state index in [1.807, 2.05) is 0 Å². The number of fused-ring (bicyclic) bond motifs is 3. The number of nitrogens with zero attached hydrogens (tertiary/aromatic N) is 1. The first-order valence-corrected chi connectivity index (χ1v) is 4.92. The molecule has 2 aromatic carbocycles. The molecule has 0 amide bonds. The lowest BCUT2D eigenvalue weighted by Crippen LogP contribution is -1.62. The molecule has 3 nitrogen and oxygen atoms in total. The molecular weight excluding hydrogens is 200 g/mol. The second kappa shape index (κ2) is 4.49. The van der Waals surface area contributed by atoms with Crippen LogP contribution in [-0.4, -0.2) is 16.9 Å². The van der Waals surface area contributed by atoms with E-state index in [0.29, 0.717) is 0 Å². The van der Waals surface area contributed by atoms with Crippen molar-refractivity contribution >= 4 is 28.5 Å². The quantitative estimate of drug-likeness (QED) is 0.335. The maximum absolute atomic E-state index is 7.08. The van der Waals surface area contributed by atoms with Crippen LogP contribution in [0, 0.1) is 0 Å². The lowest BCUT2D eigenvalue weighted by atomic mass is 10.2. The predicted molar refractivity (Wildman–Crippen MR) is 67.1 cm³/mol. The van der Waals surface area contributed by atoms with Crippen LogP contribution in [0.3, 0.4) is 0 Å². The Morgan fingerprint density at radius 2 is 1.25 bits per heavy atom. The Hall–Kier alpha value is -2.29. The first-order chi connectivity index (χ1) is 7.86. The van der Waals surface area contributed by atoms with Crippen molar-refractivity contribution in [1.82, 2.24) is 4.98 Å². The van der Waals surface area contributed by atoms with Gasteiger partial charge in [-0.3, -0.25) is 0 Å². The lowest BCUT2D eigenvalue weighted by Gasteiger charge is -1.87. The highest BCUT2D eigenvalue weighted by Crippen LogP contribution is 2.24. The predicted octanol–water partition coefficient (Wildman–Crippen LogP) is 3.40. The van der Waals surface area contributed by atoms with Crippen LogP contribution in [0.25, 0.3) is 21.8 Å². The summed E-state index contributed by atoms with van der Waals surface area (Å²) in [5.41, 5.74) is 2.42. The number of para-hydroxylation sites is 2. The molecule has 0 spiro atoms. The summed E-state index contributed by atoms with van der Waals surface area (Å²) in [5, 5.41) is 11.9. The van der Waals surface area contributed by atoms with Gasteiger partial charge in [0.2, 0.25) is 0 Å². The van der Waals surface area contributed by atoms with Crippen molar-refractivity contribution < 1.29 is 5.21 Å². The summed E-state index contributed by atoms with van der Waals surface area (Å²) < 4.78 is 0. The molecule has 3 heteroatoms. The molecule has 0 aliphatic heterocycles. The van der Waals surface area contributed by atoms with Crippen molar-refractivity contribution in [2.45, 2.75) is 0 Å². The van der Waals surface area contributed by atoms with Crippen molar-refractivity contribution in [3.05, 3.63) is 48.5 Å². The highest BCUT2D eigenvalue weighted by molar-refractivity contribution is 6.06. The van der Waals surface area contributed by atoms with Gasteiger partial charge in [0.25, 0.3) is 0 Å². The fraction of sp³-hybridized carbons (Fsp3) is 0. The zero-order valence-corrected chi connectivity index (χ0v) is 8.72. The number of benzene rings is 2. The largest absolute Gasteiger partial charge is 0.411 e. The Kier molecular flexibility index (Phi) is 2.87. The molecule has 0 aliphatic carbocycles. The van der Waals surface area contributed by atoms with E-state index in [0.717, 1.165) is 0 Å². The number of oxime groups is 1. The molecule has 0 unspecified atom stereocenters. The summed E-state index contributed by atoms with van der Waals surface area (Å²) in [4.78, 5) is 3.38. The smallest absolute Gasteiger partial charge is 0.0464 e. The minimum atomic E-state index is 1.21. The van der Waals surface area contributed by atoms with Gasteiger partial charge in [0.1, 0.15) is 0 Å². The van der Waals surface area contributed by atoms with E-state index in [2.05, 4.69) is 65.4 Å². The number of aromatic nitrogens is 1. The molecule has 0 saturated heterocycles. The summed E-state index contributed by atoms with van der Waals surface area (Å²) in [6, 6.07) is 16.8. The molecule has 2 N–H and O–H groups in total. The van der Waals surface area contributed by atoms with E-state index in [1.165, 1.54) is 21.8 Å². The molecule has 0 bridgehead atoms. The average Bonchev–Trinajstić information content (AvgIpc) is 2.68. The van der Waals surface area contributed by atoms with Crippen LogP contribution in [0.2, 0.25) is 0 Å². The van der Waals surface area contributed by atoms with Gasteiger partial charge in [-0.2, -0.15) is 0 Å². The van der Waals surface area contributed by atoms with Gasteiger partial charge >= 0.3 is 0 Å². The van der Waals surface area contributed by atoms with E-state index < -0.39 is 0 Å². The number of H-pyrrole nitrogens is 1. The van der Waals surface area contributed by atoms with Crippen molar-refractivity contribution in [2.75, 3.05) is 0 Å². The average molecular weight is 212 g/mol. The fourth-order valence-corrected chi connectivity index (χ4v) is 1.80. The highest BCUT2D eigenvalue weighted by atomic mass is 16.4. The van der Waals surface area contributed by atoms with Crippen LogP contribution in [0.1, 0.15) is 0 Å². The zero-order valence-electron chi connectivity index (χ0n) is 8.72. The van der Waals surface area contributed by atoms with Crippen molar-refractivity contribution in [2.24, 2.45) is 5.16 Å². The molecule has 1 heterocycles. The van der Waals surface area contributed by atoms with Crippen LogP contribution in [0.5, 0.6) is 0 Å². The van der Waals surface area contributed by atoms with Gasteiger partial charge < -0.3 is 10.2 Å². The normalized spacial score (nSPS) is 9.75. The Bertz CT molecular complexity index is 563. The molecule has 3 rings (SSSR count). The molecule has 0 radical (unpaired) electrons. The second-order valence-corrected chi connectivity index (χ2v) is 3.36. The van der Waals surface area contributed by atoms with Gasteiger partial charge in [0, 0.05) is 28.5 Å². The van der Waals surface area contributed by atoms with Crippen LogP contribution >= 0.6 is 0 Å². The third-order valence-corrected chi connectivity index (χ3v) is 2.41. The van der Waals surface area contributed by atoms with Gasteiger partial charge in [0.05, 0.1) is 0 Å². The number of hydrogen-bond donors (Lipinski definition) is 2. The highest BCUT2D eigenvalue weighted by Gasteiger charge is 2.00. The second-order valence-electron chi connectivity index (χ2n) is 3.36. The molecule has 80 valence electrons. The Morgan fingerprint density at radius 3 is 1.69 bits per heavy atom. The Morgan fingerprint density at radius 1 is 0.875 bits per heavy atom. The minimum absolute atomic E-state index is 1.21. The first kappa shape index (κ1) is 10.2. The Balaban J connectivity index is 0.000000292. The van der Waals surface area contributed by atoms with E-state index in [-0.39, 0.29) is 0 Å².